The normalized spacial score (nSPS) is 24.4. The van der Waals surface area contributed by atoms with Gasteiger partial charge in [-0.05, 0) is 57.5 Å². The van der Waals surface area contributed by atoms with Crippen LogP contribution in [0.3, 0.4) is 0 Å². The van der Waals surface area contributed by atoms with Crippen molar-refractivity contribution in [2.45, 2.75) is 56.8 Å². The minimum atomic E-state index is -0.136. The fourth-order valence-electron chi connectivity index (χ4n) is 4.69. The van der Waals surface area contributed by atoms with E-state index in [2.05, 4.69) is 11.0 Å². The summed E-state index contributed by atoms with van der Waals surface area (Å²) >= 11 is 0. The van der Waals surface area contributed by atoms with Gasteiger partial charge >= 0.3 is 5.97 Å². The van der Waals surface area contributed by atoms with Gasteiger partial charge < -0.3 is 18.9 Å². The maximum absolute atomic E-state index is 12.0. The first-order valence-electron chi connectivity index (χ1n) is 11.4. The lowest BCUT2D eigenvalue weighted by Gasteiger charge is -2.37. The Labute approximate surface area is 186 Å². The zero-order valence-corrected chi connectivity index (χ0v) is 19.5. The number of ether oxygens (including phenoxy) is 4. The van der Waals surface area contributed by atoms with Crippen molar-refractivity contribution in [1.29, 1.82) is 0 Å². The Morgan fingerprint density at radius 3 is 2.61 bits per heavy atom. The van der Waals surface area contributed by atoms with Crippen LogP contribution < -0.4 is 9.47 Å². The van der Waals surface area contributed by atoms with Crippen LogP contribution in [0, 0.1) is 0 Å². The first-order chi connectivity index (χ1) is 15.0. The third-order valence-corrected chi connectivity index (χ3v) is 6.23. The average Bonchev–Trinajstić information content (AvgIpc) is 3.21. The van der Waals surface area contributed by atoms with Crippen LogP contribution in [-0.4, -0.2) is 88.6 Å². The molecule has 0 radical (unpaired) electrons. The largest absolute Gasteiger partial charge is 0.493 e. The monoisotopic (exact) mass is 434 g/mol. The molecule has 0 amide bonds. The van der Waals surface area contributed by atoms with Crippen molar-refractivity contribution in [2.24, 2.45) is 0 Å². The number of likely N-dealkylation sites (N-methyl/N-ethyl adjacent to an activating group) is 1. The minimum Gasteiger partial charge on any atom is -0.493 e. The highest BCUT2D eigenvalue weighted by Crippen LogP contribution is 2.30. The number of benzene rings is 1. The summed E-state index contributed by atoms with van der Waals surface area (Å²) in [6.07, 6.45) is 6.70. The molecule has 174 valence electrons. The van der Waals surface area contributed by atoms with Crippen molar-refractivity contribution < 1.29 is 23.7 Å². The number of hydrogen-bond donors (Lipinski definition) is 0. The van der Waals surface area contributed by atoms with Crippen LogP contribution in [0.4, 0.5) is 0 Å². The van der Waals surface area contributed by atoms with Gasteiger partial charge in [-0.25, -0.2) is 0 Å². The molecule has 0 unspecified atom stereocenters. The van der Waals surface area contributed by atoms with Crippen molar-refractivity contribution in [2.75, 3.05) is 54.6 Å². The molecular weight excluding hydrogens is 396 g/mol. The van der Waals surface area contributed by atoms with E-state index < -0.39 is 0 Å². The predicted octanol–water partition coefficient (Wildman–Crippen LogP) is 2.75. The Morgan fingerprint density at radius 1 is 1.10 bits per heavy atom. The smallest absolute Gasteiger partial charge is 0.320 e. The number of carbonyl (C=O) groups is 1. The van der Waals surface area contributed by atoms with Gasteiger partial charge in [-0.2, -0.15) is 0 Å². The standard InChI is InChI=1S/C24H38N2O5/c1-25(2)17-24(27)31-19-11-13-26(16-19)20-7-5-6-8-21(20)30-14-12-18-9-10-22(28-3)23(15-18)29-4/h9-10,15,19-21H,5-8,11-14,16-17H2,1-4H3/t19-,20+,21-/m0/s1. The Bertz CT molecular complexity index is 711. The summed E-state index contributed by atoms with van der Waals surface area (Å²) < 4.78 is 22.8. The van der Waals surface area contributed by atoms with Crippen molar-refractivity contribution in [3.05, 3.63) is 23.8 Å². The molecule has 3 atom stereocenters. The maximum atomic E-state index is 12.0. The SMILES string of the molecule is COc1ccc(CCO[C@H]2CCCC[C@H]2N2CC[C@H](OC(=O)CN(C)C)C2)cc1OC. The number of carbonyl (C=O) groups excluding carboxylic acids is 1. The van der Waals surface area contributed by atoms with E-state index in [1.165, 1.54) is 18.4 Å². The average molecular weight is 435 g/mol. The predicted molar refractivity (Wildman–Crippen MR) is 120 cm³/mol. The van der Waals surface area contributed by atoms with Crippen molar-refractivity contribution in [3.8, 4) is 11.5 Å². The lowest BCUT2D eigenvalue weighted by molar-refractivity contribution is -0.149. The van der Waals surface area contributed by atoms with Crippen molar-refractivity contribution >= 4 is 5.97 Å². The fourth-order valence-corrected chi connectivity index (χ4v) is 4.69. The van der Waals surface area contributed by atoms with Crippen molar-refractivity contribution in [3.63, 3.8) is 0 Å². The highest BCUT2D eigenvalue weighted by molar-refractivity contribution is 5.71. The topological polar surface area (TPSA) is 60.5 Å². The second-order valence-corrected chi connectivity index (χ2v) is 8.83. The Morgan fingerprint density at radius 2 is 1.87 bits per heavy atom. The van der Waals surface area contributed by atoms with Gasteiger partial charge in [0.15, 0.2) is 11.5 Å². The molecule has 2 aliphatic rings. The summed E-state index contributed by atoms with van der Waals surface area (Å²) in [5, 5.41) is 0. The quantitative estimate of drug-likeness (QED) is 0.525. The first kappa shape index (κ1) is 23.8. The van der Waals surface area contributed by atoms with Crippen LogP contribution in [0.25, 0.3) is 0 Å². The molecule has 1 saturated carbocycles. The third kappa shape index (κ3) is 6.82. The van der Waals surface area contributed by atoms with Crippen LogP contribution in [0.15, 0.2) is 18.2 Å². The second-order valence-electron chi connectivity index (χ2n) is 8.83. The molecule has 1 aromatic carbocycles. The van der Waals surface area contributed by atoms with Gasteiger partial charge in [0, 0.05) is 19.1 Å². The van der Waals surface area contributed by atoms with E-state index in [1.54, 1.807) is 14.2 Å². The minimum absolute atomic E-state index is 0.00166. The molecule has 0 aromatic heterocycles. The molecule has 0 N–H and O–H groups in total. The Hall–Kier alpha value is -1.83. The van der Waals surface area contributed by atoms with Gasteiger partial charge in [0.1, 0.15) is 6.10 Å². The summed E-state index contributed by atoms with van der Waals surface area (Å²) in [7, 11) is 7.07. The lowest BCUT2D eigenvalue weighted by Crippen LogP contribution is -2.46. The maximum Gasteiger partial charge on any atom is 0.320 e. The van der Waals surface area contributed by atoms with Crippen molar-refractivity contribution in [1.82, 2.24) is 9.80 Å². The second kappa shape index (κ2) is 11.7. The number of likely N-dealkylation sites (tertiary alicyclic amines) is 1. The molecule has 1 heterocycles. The molecule has 1 aromatic rings. The number of rotatable bonds is 10. The van der Waals surface area contributed by atoms with Crippen LogP contribution in [0.2, 0.25) is 0 Å². The number of esters is 1. The summed E-state index contributed by atoms with van der Waals surface area (Å²) in [6, 6.07) is 6.44. The molecule has 1 aliphatic carbocycles. The van der Waals surface area contributed by atoms with E-state index in [0.29, 0.717) is 19.2 Å². The first-order valence-corrected chi connectivity index (χ1v) is 11.4. The van der Waals surface area contributed by atoms with Crippen LogP contribution >= 0.6 is 0 Å². The van der Waals surface area contributed by atoms with Gasteiger partial charge in [-0.1, -0.05) is 18.9 Å². The molecule has 7 nitrogen and oxygen atoms in total. The molecule has 31 heavy (non-hydrogen) atoms. The zero-order chi connectivity index (χ0) is 22.2. The van der Waals surface area contributed by atoms with Crippen LogP contribution in [0.1, 0.15) is 37.7 Å². The molecule has 1 saturated heterocycles. The Kier molecular flexibility index (Phi) is 8.99. The number of hydrogen-bond acceptors (Lipinski definition) is 7. The number of nitrogens with zero attached hydrogens (tertiary/aromatic N) is 2. The van der Waals surface area contributed by atoms with E-state index in [4.69, 9.17) is 18.9 Å². The third-order valence-electron chi connectivity index (χ3n) is 6.23. The zero-order valence-electron chi connectivity index (χ0n) is 19.5. The molecule has 1 aliphatic heterocycles. The fraction of sp³-hybridized carbons (Fsp3) is 0.708. The van der Waals surface area contributed by atoms with E-state index in [9.17, 15) is 4.79 Å². The molecule has 7 heteroatoms. The molecular formula is C24H38N2O5. The Balaban J connectivity index is 1.49. The highest BCUT2D eigenvalue weighted by atomic mass is 16.5. The molecule has 2 fully saturated rings. The van der Waals surface area contributed by atoms with Gasteiger partial charge in [-0.15, -0.1) is 0 Å². The molecule has 0 bridgehead atoms. The summed E-state index contributed by atoms with van der Waals surface area (Å²) in [5.41, 5.74) is 1.18. The lowest BCUT2D eigenvalue weighted by atomic mass is 9.91. The molecule has 0 spiro atoms. The van der Waals surface area contributed by atoms with Gasteiger partial charge in [0.2, 0.25) is 0 Å². The summed E-state index contributed by atoms with van der Waals surface area (Å²) in [5.74, 6) is 1.36. The molecule has 3 rings (SSSR count). The van der Waals surface area contributed by atoms with Gasteiger partial charge in [0.25, 0.3) is 0 Å². The number of methoxy groups -OCH3 is 2. The van der Waals surface area contributed by atoms with E-state index >= 15 is 0 Å². The van der Waals surface area contributed by atoms with Gasteiger partial charge in [-0.3, -0.25) is 14.6 Å². The highest BCUT2D eigenvalue weighted by Gasteiger charge is 2.36. The van der Waals surface area contributed by atoms with Gasteiger partial charge in [0.05, 0.1) is 33.5 Å². The van der Waals surface area contributed by atoms with Crippen LogP contribution in [0.5, 0.6) is 11.5 Å². The van der Waals surface area contributed by atoms with E-state index in [1.807, 2.05) is 31.1 Å². The summed E-state index contributed by atoms with van der Waals surface area (Å²) in [4.78, 5) is 16.3. The van der Waals surface area contributed by atoms with E-state index in [0.717, 1.165) is 50.3 Å². The van der Waals surface area contributed by atoms with E-state index in [-0.39, 0.29) is 18.2 Å². The van der Waals surface area contributed by atoms with Crippen LogP contribution in [-0.2, 0) is 20.7 Å². The summed E-state index contributed by atoms with van der Waals surface area (Å²) in [6.45, 7) is 2.81.